The van der Waals surface area contributed by atoms with Crippen LogP contribution in [-0.2, 0) is 6.42 Å². The SMILES string of the molecule is CC(=O)c1cc(Cl)ccc1OCCc1ccccc1. The van der Waals surface area contributed by atoms with Gasteiger partial charge in [0, 0.05) is 11.4 Å². The monoisotopic (exact) mass is 274 g/mol. The molecule has 0 N–H and O–H groups in total. The van der Waals surface area contributed by atoms with Crippen LogP contribution in [0.25, 0.3) is 0 Å². The molecule has 0 bridgehead atoms. The second kappa shape index (κ2) is 6.39. The van der Waals surface area contributed by atoms with Gasteiger partial charge in [-0.1, -0.05) is 41.9 Å². The van der Waals surface area contributed by atoms with Gasteiger partial charge < -0.3 is 4.74 Å². The maximum atomic E-state index is 11.5. The number of ether oxygens (including phenoxy) is 1. The zero-order chi connectivity index (χ0) is 13.7. The fourth-order valence-electron chi connectivity index (χ4n) is 1.83. The molecule has 0 amide bonds. The van der Waals surface area contributed by atoms with Gasteiger partial charge in [-0.2, -0.15) is 0 Å². The summed E-state index contributed by atoms with van der Waals surface area (Å²) in [7, 11) is 0. The molecule has 0 fully saturated rings. The van der Waals surface area contributed by atoms with Crippen molar-refractivity contribution < 1.29 is 9.53 Å². The van der Waals surface area contributed by atoms with Crippen LogP contribution in [0.1, 0.15) is 22.8 Å². The second-order valence-corrected chi connectivity index (χ2v) is 4.72. The van der Waals surface area contributed by atoms with E-state index in [9.17, 15) is 4.79 Å². The number of carbonyl (C=O) groups excluding carboxylic acids is 1. The van der Waals surface area contributed by atoms with Gasteiger partial charge in [-0.3, -0.25) is 4.79 Å². The number of hydrogen-bond acceptors (Lipinski definition) is 2. The lowest BCUT2D eigenvalue weighted by Gasteiger charge is -2.10. The summed E-state index contributed by atoms with van der Waals surface area (Å²) >= 11 is 5.88. The molecule has 0 radical (unpaired) electrons. The summed E-state index contributed by atoms with van der Waals surface area (Å²) in [6.45, 7) is 2.04. The molecule has 19 heavy (non-hydrogen) atoms. The minimum atomic E-state index is -0.0442. The molecular weight excluding hydrogens is 260 g/mol. The van der Waals surface area contributed by atoms with Gasteiger partial charge >= 0.3 is 0 Å². The van der Waals surface area contributed by atoms with E-state index in [1.807, 2.05) is 18.2 Å². The molecule has 2 aromatic carbocycles. The minimum Gasteiger partial charge on any atom is -0.492 e. The Morgan fingerprint density at radius 1 is 1.16 bits per heavy atom. The third-order valence-electron chi connectivity index (χ3n) is 2.81. The van der Waals surface area contributed by atoms with E-state index in [4.69, 9.17) is 16.3 Å². The van der Waals surface area contributed by atoms with Crippen LogP contribution >= 0.6 is 11.6 Å². The first-order chi connectivity index (χ1) is 9.16. The van der Waals surface area contributed by atoms with Crippen molar-refractivity contribution in [2.24, 2.45) is 0 Å². The summed E-state index contributed by atoms with van der Waals surface area (Å²) in [5, 5.41) is 0.542. The highest BCUT2D eigenvalue weighted by Gasteiger charge is 2.09. The smallest absolute Gasteiger partial charge is 0.163 e. The molecule has 0 spiro atoms. The summed E-state index contributed by atoms with van der Waals surface area (Å²) in [5.41, 5.74) is 1.74. The lowest BCUT2D eigenvalue weighted by atomic mass is 10.1. The number of Topliss-reactive ketones (excluding diaryl/α,β-unsaturated/α-hetero) is 1. The van der Waals surface area contributed by atoms with Gasteiger partial charge in [0.25, 0.3) is 0 Å². The van der Waals surface area contributed by atoms with Crippen molar-refractivity contribution in [3.63, 3.8) is 0 Å². The highest BCUT2D eigenvalue weighted by molar-refractivity contribution is 6.31. The Morgan fingerprint density at radius 2 is 1.89 bits per heavy atom. The summed E-state index contributed by atoms with van der Waals surface area (Å²) in [5.74, 6) is 0.546. The summed E-state index contributed by atoms with van der Waals surface area (Å²) in [6.07, 6.45) is 0.806. The fraction of sp³-hybridized carbons (Fsp3) is 0.188. The van der Waals surface area contributed by atoms with E-state index >= 15 is 0 Å². The summed E-state index contributed by atoms with van der Waals surface area (Å²) in [4.78, 5) is 11.5. The van der Waals surface area contributed by atoms with Crippen LogP contribution < -0.4 is 4.74 Å². The van der Waals surface area contributed by atoms with Crippen molar-refractivity contribution in [2.75, 3.05) is 6.61 Å². The third kappa shape index (κ3) is 3.83. The number of rotatable bonds is 5. The Hall–Kier alpha value is -1.80. The summed E-state index contributed by atoms with van der Waals surface area (Å²) in [6, 6.07) is 15.2. The van der Waals surface area contributed by atoms with Gasteiger partial charge in [0.2, 0.25) is 0 Å². The molecule has 0 aliphatic heterocycles. The Balaban J connectivity index is 2.02. The quantitative estimate of drug-likeness (QED) is 0.765. The number of hydrogen-bond donors (Lipinski definition) is 0. The van der Waals surface area contributed by atoms with E-state index < -0.39 is 0 Å². The summed E-state index contributed by atoms with van der Waals surface area (Å²) < 4.78 is 5.68. The zero-order valence-electron chi connectivity index (χ0n) is 10.7. The average molecular weight is 275 g/mol. The largest absolute Gasteiger partial charge is 0.492 e. The molecule has 0 unspecified atom stereocenters. The van der Waals surface area contributed by atoms with E-state index in [2.05, 4.69) is 12.1 Å². The third-order valence-corrected chi connectivity index (χ3v) is 3.05. The van der Waals surface area contributed by atoms with Crippen LogP contribution in [0, 0.1) is 0 Å². The molecule has 0 saturated heterocycles. The number of benzene rings is 2. The van der Waals surface area contributed by atoms with Gasteiger partial charge in [-0.05, 0) is 30.7 Å². The van der Waals surface area contributed by atoms with Gasteiger partial charge in [0.15, 0.2) is 5.78 Å². The van der Waals surface area contributed by atoms with Crippen LogP contribution in [0.15, 0.2) is 48.5 Å². The Kier molecular flexibility index (Phi) is 4.58. The van der Waals surface area contributed by atoms with Crippen LogP contribution in [0.2, 0.25) is 5.02 Å². The van der Waals surface area contributed by atoms with Gasteiger partial charge in [-0.15, -0.1) is 0 Å². The maximum Gasteiger partial charge on any atom is 0.163 e. The second-order valence-electron chi connectivity index (χ2n) is 4.28. The van der Waals surface area contributed by atoms with Crippen LogP contribution in [0.3, 0.4) is 0 Å². The topological polar surface area (TPSA) is 26.3 Å². The molecule has 2 rings (SSSR count). The maximum absolute atomic E-state index is 11.5. The molecule has 0 aliphatic carbocycles. The van der Waals surface area contributed by atoms with Gasteiger partial charge in [0.1, 0.15) is 5.75 Å². The number of carbonyl (C=O) groups is 1. The van der Waals surface area contributed by atoms with E-state index in [-0.39, 0.29) is 5.78 Å². The number of ketones is 1. The first kappa shape index (κ1) is 13.6. The predicted molar refractivity (Wildman–Crippen MR) is 77.1 cm³/mol. The highest BCUT2D eigenvalue weighted by Crippen LogP contribution is 2.23. The molecule has 0 atom stereocenters. The van der Waals surface area contributed by atoms with Crippen molar-refractivity contribution in [1.82, 2.24) is 0 Å². The molecular formula is C16H15ClO2. The Bertz CT molecular complexity index is 564. The minimum absolute atomic E-state index is 0.0442. The predicted octanol–water partition coefficient (Wildman–Crippen LogP) is 4.16. The standard InChI is InChI=1S/C16H15ClO2/c1-12(18)15-11-14(17)7-8-16(15)19-10-9-13-5-3-2-4-6-13/h2-8,11H,9-10H2,1H3. The van der Waals surface area contributed by atoms with Gasteiger partial charge in [0.05, 0.1) is 12.2 Å². The van der Waals surface area contributed by atoms with E-state index in [1.165, 1.54) is 12.5 Å². The molecule has 2 aromatic rings. The normalized spacial score (nSPS) is 10.2. The fourth-order valence-corrected chi connectivity index (χ4v) is 2.00. The lowest BCUT2D eigenvalue weighted by Crippen LogP contribution is -2.05. The van der Waals surface area contributed by atoms with E-state index in [0.29, 0.717) is 22.9 Å². The van der Waals surface area contributed by atoms with Crippen LogP contribution in [-0.4, -0.2) is 12.4 Å². The van der Waals surface area contributed by atoms with Crippen molar-refractivity contribution in [1.29, 1.82) is 0 Å². The van der Waals surface area contributed by atoms with Crippen molar-refractivity contribution in [3.8, 4) is 5.75 Å². The first-order valence-corrected chi connectivity index (χ1v) is 6.52. The highest BCUT2D eigenvalue weighted by atomic mass is 35.5. The van der Waals surface area contributed by atoms with E-state index in [1.54, 1.807) is 18.2 Å². The molecule has 0 heterocycles. The van der Waals surface area contributed by atoms with Crippen LogP contribution in [0.4, 0.5) is 0 Å². The molecule has 98 valence electrons. The molecule has 0 aromatic heterocycles. The Morgan fingerprint density at radius 3 is 2.58 bits per heavy atom. The average Bonchev–Trinajstić information content (AvgIpc) is 2.41. The molecule has 3 heteroatoms. The van der Waals surface area contributed by atoms with Crippen molar-refractivity contribution in [3.05, 3.63) is 64.7 Å². The molecule has 0 saturated carbocycles. The van der Waals surface area contributed by atoms with Crippen LogP contribution in [0.5, 0.6) is 5.75 Å². The van der Waals surface area contributed by atoms with E-state index in [0.717, 1.165) is 6.42 Å². The first-order valence-electron chi connectivity index (χ1n) is 6.14. The molecule has 0 aliphatic rings. The zero-order valence-corrected chi connectivity index (χ0v) is 11.5. The van der Waals surface area contributed by atoms with Crippen molar-refractivity contribution >= 4 is 17.4 Å². The molecule has 2 nitrogen and oxygen atoms in total. The lowest BCUT2D eigenvalue weighted by molar-refractivity contribution is 0.101. The van der Waals surface area contributed by atoms with Crippen molar-refractivity contribution in [2.45, 2.75) is 13.3 Å². The number of halogens is 1. The Labute approximate surface area is 118 Å². The van der Waals surface area contributed by atoms with Gasteiger partial charge in [-0.25, -0.2) is 0 Å².